The number of hydrogen-bond donors (Lipinski definition) is 12. The highest BCUT2D eigenvalue weighted by molar-refractivity contribution is 7.79. The van der Waals surface area contributed by atoms with E-state index in [0.29, 0.717) is 55.7 Å². The first-order valence-electron chi connectivity index (χ1n) is 21.1. The molecule has 0 radical (unpaired) electrons. The number of aliphatic hydroxyl groups is 6. The molecule has 20 heteroatoms. The Morgan fingerprint density at radius 1 is 0.968 bits per heavy atom. The number of aliphatic hydroxyl groups excluding tert-OH is 1. The van der Waals surface area contributed by atoms with Crippen molar-refractivity contribution in [3.8, 4) is 11.5 Å². The van der Waals surface area contributed by atoms with Gasteiger partial charge in [0.1, 0.15) is 27.9 Å². The van der Waals surface area contributed by atoms with Crippen LogP contribution in [-0.2, 0) is 35.9 Å². The van der Waals surface area contributed by atoms with Gasteiger partial charge < -0.3 is 61.2 Å². The lowest BCUT2D eigenvalue weighted by atomic mass is 9.49. The number of fused-ring (bicyclic) bond motifs is 5. The Bertz CT molecular complexity index is 2080. The van der Waals surface area contributed by atoms with Crippen LogP contribution >= 0.6 is 0 Å². The summed E-state index contributed by atoms with van der Waals surface area (Å²) in [6.45, 7) is 11.4. The van der Waals surface area contributed by atoms with Crippen LogP contribution in [0.25, 0.3) is 0 Å². The minimum absolute atomic E-state index is 0.0606. The van der Waals surface area contributed by atoms with Gasteiger partial charge in [0.2, 0.25) is 5.79 Å². The highest BCUT2D eigenvalue weighted by Gasteiger charge is 2.88. The van der Waals surface area contributed by atoms with Gasteiger partial charge in [0, 0.05) is 67.1 Å². The summed E-state index contributed by atoms with van der Waals surface area (Å²) in [4.78, 5) is 25.6. The molecule has 4 bridgehead atoms. The molecule has 1 spiro atoms. The second-order valence-electron chi connectivity index (χ2n) is 19.8. The van der Waals surface area contributed by atoms with Crippen molar-refractivity contribution in [3.05, 3.63) is 35.4 Å². The average molecular weight is 901 g/mol. The lowest BCUT2D eigenvalue weighted by Crippen LogP contribution is -2.85. The van der Waals surface area contributed by atoms with Gasteiger partial charge in [-0.3, -0.25) is 18.8 Å². The summed E-state index contributed by atoms with van der Waals surface area (Å²) in [7, 11) is -4.67. The van der Waals surface area contributed by atoms with E-state index in [9.17, 15) is 45.3 Å². The smallest absolute Gasteiger partial charge is 0.394 e. The van der Waals surface area contributed by atoms with Crippen LogP contribution in [0.15, 0.2) is 29.8 Å². The topological polar surface area (TPSA) is 339 Å². The summed E-state index contributed by atoms with van der Waals surface area (Å²) >= 11 is 0. The van der Waals surface area contributed by atoms with Crippen molar-refractivity contribution in [2.45, 2.75) is 157 Å². The lowest BCUT2D eigenvalue weighted by Gasteiger charge is -2.68. The van der Waals surface area contributed by atoms with Crippen molar-refractivity contribution in [2.75, 3.05) is 13.1 Å². The third-order valence-corrected chi connectivity index (χ3v) is 16.2. The Balaban J connectivity index is 0.000000267. The summed E-state index contributed by atoms with van der Waals surface area (Å²) in [6, 6.07) is 3.72. The largest absolute Gasteiger partial charge is 0.504 e. The maximum Gasteiger partial charge on any atom is 0.394 e. The number of ether oxygens (including phenoxy) is 2. The molecule has 350 valence electrons. The Kier molecular flexibility index (Phi) is 12.2. The van der Waals surface area contributed by atoms with E-state index >= 15 is 0 Å². The van der Waals surface area contributed by atoms with Crippen LogP contribution in [0.3, 0.4) is 0 Å². The second kappa shape index (κ2) is 15.6. The van der Waals surface area contributed by atoms with Crippen molar-refractivity contribution in [1.29, 1.82) is 0 Å². The van der Waals surface area contributed by atoms with Crippen LogP contribution in [0, 0.1) is 29.1 Å². The van der Waals surface area contributed by atoms with Crippen LogP contribution in [0.5, 0.6) is 11.5 Å². The van der Waals surface area contributed by atoms with Gasteiger partial charge in [0.15, 0.2) is 17.6 Å². The first-order chi connectivity index (χ1) is 28.3. The SMILES string of the molecule is CC(N)(Cc1ccc(O)c(O)c1)C(=O)O.CC=C(C)C(=O)OC1CCC2(C)C3CCC4C5(O)CC(O)C6(O)C(CN7CC(C)CCC7C6(C)O)C5(O)CC42OC13O.O=S(=O)(O)O. The molecule has 19 nitrogen and oxygen atoms in total. The van der Waals surface area contributed by atoms with Gasteiger partial charge in [0.05, 0.1) is 11.7 Å². The zero-order valence-electron chi connectivity index (χ0n) is 35.9. The van der Waals surface area contributed by atoms with E-state index in [1.807, 2.05) is 6.92 Å². The van der Waals surface area contributed by atoms with Gasteiger partial charge in [-0.2, -0.15) is 8.42 Å². The Hall–Kier alpha value is -2.99. The van der Waals surface area contributed by atoms with Gasteiger partial charge in [-0.05, 0) is 89.8 Å². The molecule has 4 saturated carbocycles. The van der Waals surface area contributed by atoms with Crippen molar-refractivity contribution >= 4 is 22.3 Å². The predicted octanol–water partition coefficient (Wildman–Crippen LogP) is 0.781. The molecule has 62 heavy (non-hydrogen) atoms. The van der Waals surface area contributed by atoms with Gasteiger partial charge in [-0.15, -0.1) is 0 Å². The molecule has 3 heterocycles. The van der Waals surface area contributed by atoms with Crippen LogP contribution in [-0.4, -0.2) is 151 Å². The lowest BCUT2D eigenvalue weighted by molar-refractivity contribution is -0.354. The predicted molar refractivity (Wildman–Crippen MR) is 217 cm³/mol. The number of nitrogens with zero attached hydrogens (tertiary/aromatic N) is 1. The number of carbonyl (C=O) groups is 2. The number of phenolic OH excluding ortho intramolecular Hbond substituents is 2. The Labute approximate surface area is 360 Å². The monoisotopic (exact) mass is 900 g/mol. The van der Waals surface area contributed by atoms with Crippen LogP contribution in [0.1, 0.15) is 98.5 Å². The third-order valence-electron chi connectivity index (χ3n) is 16.2. The molecule has 0 aromatic heterocycles. The van der Waals surface area contributed by atoms with Crippen molar-refractivity contribution in [1.82, 2.24) is 4.90 Å². The van der Waals surface area contributed by atoms with E-state index < -0.39 is 97.0 Å². The number of nitrogens with two attached hydrogens (primary N) is 1. The number of rotatable bonds is 5. The average Bonchev–Trinajstić information content (AvgIpc) is 3.32. The van der Waals surface area contributed by atoms with Crippen molar-refractivity contribution in [3.63, 3.8) is 0 Å². The van der Waals surface area contributed by atoms with E-state index in [1.165, 1.54) is 25.1 Å². The molecule has 3 aliphatic heterocycles. The Morgan fingerprint density at radius 3 is 2.16 bits per heavy atom. The number of allylic oxidation sites excluding steroid dienone is 1. The molecular weight excluding hydrogens is 837 g/mol. The molecule has 13 N–H and O–H groups in total. The minimum Gasteiger partial charge on any atom is -0.504 e. The maximum atomic E-state index is 12.9. The second-order valence-corrected chi connectivity index (χ2v) is 20.7. The summed E-state index contributed by atoms with van der Waals surface area (Å²) in [5.74, 6) is -5.69. The van der Waals surface area contributed by atoms with Crippen LogP contribution in [0.2, 0.25) is 0 Å². The van der Waals surface area contributed by atoms with Gasteiger partial charge >= 0.3 is 22.3 Å². The molecular formula is C42H64N2O17S. The fraction of sp³-hybridized carbons (Fsp3) is 0.762. The number of piperidine rings is 2. The number of aromatic hydroxyl groups is 2. The van der Waals surface area contributed by atoms with Gasteiger partial charge in [-0.1, -0.05) is 26.0 Å². The maximum absolute atomic E-state index is 12.9. The Morgan fingerprint density at radius 2 is 1.58 bits per heavy atom. The molecule has 7 fully saturated rings. The molecule has 8 rings (SSSR count). The molecule has 15 atom stereocenters. The molecule has 3 saturated heterocycles. The van der Waals surface area contributed by atoms with E-state index in [0.717, 1.165) is 6.42 Å². The number of carboxylic acids is 1. The molecule has 7 aliphatic rings. The first-order valence-corrected chi connectivity index (χ1v) is 22.5. The fourth-order valence-corrected chi connectivity index (χ4v) is 13.0. The zero-order chi connectivity index (χ0) is 46.6. The highest BCUT2D eigenvalue weighted by atomic mass is 32.3. The van der Waals surface area contributed by atoms with E-state index in [1.54, 1.807) is 26.8 Å². The number of hydrogen-bond acceptors (Lipinski definition) is 16. The normalized spacial score (nSPS) is 45.3. The van der Waals surface area contributed by atoms with E-state index in [-0.39, 0.29) is 43.3 Å². The van der Waals surface area contributed by atoms with E-state index in [4.69, 9.17) is 42.9 Å². The molecule has 0 amide bonds. The van der Waals surface area contributed by atoms with Crippen LogP contribution < -0.4 is 5.73 Å². The quantitative estimate of drug-likeness (QED) is 0.0841. The van der Waals surface area contributed by atoms with Crippen molar-refractivity contribution in [2.24, 2.45) is 34.8 Å². The zero-order valence-corrected chi connectivity index (χ0v) is 36.7. The molecule has 1 aromatic carbocycles. The van der Waals surface area contributed by atoms with Gasteiger partial charge in [0.25, 0.3) is 0 Å². The highest BCUT2D eigenvalue weighted by Crippen LogP contribution is 2.78. The van der Waals surface area contributed by atoms with Gasteiger partial charge in [-0.25, -0.2) is 4.79 Å². The standard InChI is InChI=1S/C32H49NO9.C10H13NO4.H2O4S/c1-6-18(3)25(35)41-24-11-12-26(4)19-8-9-20-28(37)13-23(34)31(39)21(29(28,38)16-30(20,26)42-32(19,24)40)15-33-14-17(2)7-10-22(33)27(31,5)36;1-10(11,9(14)15)5-6-2-3-7(12)8(13)4-6;1-5(2,3)4/h6,17,19-24,34,36-40H,7-16H2,1-5H3;2-4,12-13H,5,11H2,1H3,(H,14,15);(H2,1,2,3,4). The number of phenols is 2. The van der Waals surface area contributed by atoms with Crippen molar-refractivity contribution < 1.29 is 82.5 Å². The number of esters is 1. The summed E-state index contributed by atoms with van der Waals surface area (Å²) in [5.41, 5.74) is -4.25. The molecule has 4 aliphatic carbocycles. The minimum atomic E-state index is -4.67. The third kappa shape index (κ3) is 7.25. The molecule has 15 unspecified atom stereocenters. The van der Waals surface area contributed by atoms with E-state index in [2.05, 4.69) is 11.8 Å². The summed E-state index contributed by atoms with van der Waals surface area (Å²) < 4.78 is 44.2. The van der Waals surface area contributed by atoms with Crippen LogP contribution in [0.4, 0.5) is 0 Å². The molecule has 1 aromatic rings. The summed E-state index contributed by atoms with van der Waals surface area (Å²) in [6.07, 6.45) is 2.38. The number of benzene rings is 1. The fourth-order valence-electron chi connectivity index (χ4n) is 13.0. The number of carbonyl (C=O) groups excluding carboxylic acids is 1. The first kappa shape index (κ1) is 48.5. The number of carboxylic acid groups (broad SMARTS) is 1. The number of aliphatic carboxylic acids is 1. The summed E-state index contributed by atoms with van der Waals surface area (Å²) in [5, 5.41) is 101.